The Morgan fingerprint density at radius 2 is 1.54 bits per heavy atom. The van der Waals surface area contributed by atoms with Gasteiger partial charge in [-0.2, -0.15) is 0 Å². The van der Waals surface area contributed by atoms with E-state index in [1.807, 2.05) is 58.9 Å². The van der Waals surface area contributed by atoms with Crippen LogP contribution in [-0.2, 0) is 14.3 Å². The highest BCUT2D eigenvalue weighted by Gasteiger charge is 2.34. The van der Waals surface area contributed by atoms with Gasteiger partial charge in [-0.3, -0.25) is 9.59 Å². The van der Waals surface area contributed by atoms with Crippen molar-refractivity contribution < 1.29 is 24.2 Å². The van der Waals surface area contributed by atoms with Crippen LogP contribution in [0, 0.1) is 5.92 Å². The number of carboxylic acid groups (broad SMARTS) is 1. The molecule has 1 atom stereocenters. The van der Waals surface area contributed by atoms with Gasteiger partial charge in [-0.05, 0) is 55.4 Å². The lowest BCUT2D eigenvalue weighted by molar-refractivity contribution is -0.142. The van der Waals surface area contributed by atoms with Crippen molar-refractivity contribution in [2.45, 2.75) is 65.0 Å². The topological polar surface area (TPSA) is 95.9 Å². The normalized spacial score (nSPS) is 13.7. The molecule has 0 aromatic heterocycles. The molecule has 3 rings (SSSR count). The van der Waals surface area contributed by atoms with Crippen LogP contribution < -0.4 is 5.32 Å². The van der Waals surface area contributed by atoms with Crippen LogP contribution in [0.15, 0.2) is 48.5 Å². The highest BCUT2D eigenvalue weighted by Crippen LogP contribution is 2.44. The molecule has 0 unspecified atom stereocenters. The monoisotopic (exact) mass is 480 g/mol. The van der Waals surface area contributed by atoms with Gasteiger partial charge >= 0.3 is 12.1 Å². The van der Waals surface area contributed by atoms with Crippen LogP contribution in [0.5, 0.6) is 0 Å². The minimum atomic E-state index is -0.975. The second-order valence-electron chi connectivity index (χ2n) is 10.5. The molecule has 0 saturated heterocycles. The van der Waals surface area contributed by atoms with E-state index in [2.05, 4.69) is 29.6 Å². The number of hydrogen-bond acceptors (Lipinski definition) is 4. The average molecular weight is 481 g/mol. The molecule has 0 aliphatic heterocycles. The second-order valence-corrected chi connectivity index (χ2v) is 10.5. The predicted molar refractivity (Wildman–Crippen MR) is 135 cm³/mol. The van der Waals surface area contributed by atoms with E-state index in [0.29, 0.717) is 6.42 Å². The Kier molecular flexibility index (Phi) is 8.20. The van der Waals surface area contributed by atoms with Gasteiger partial charge in [0.05, 0.1) is 6.42 Å². The summed E-state index contributed by atoms with van der Waals surface area (Å²) in [5.74, 6) is -1.22. The zero-order chi connectivity index (χ0) is 25.8. The molecule has 7 heteroatoms. The molecule has 35 heavy (non-hydrogen) atoms. The number of carboxylic acids is 1. The molecule has 2 N–H and O–H groups in total. The summed E-state index contributed by atoms with van der Waals surface area (Å²) in [5.41, 5.74) is 3.92. The number of nitrogens with one attached hydrogen (secondary N) is 1. The van der Waals surface area contributed by atoms with Crippen LogP contribution in [0.4, 0.5) is 4.79 Å². The molecule has 0 saturated carbocycles. The summed E-state index contributed by atoms with van der Waals surface area (Å²) < 4.78 is 5.65. The molecular weight excluding hydrogens is 444 g/mol. The molecule has 2 aromatic rings. The Morgan fingerprint density at radius 3 is 2.03 bits per heavy atom. The van der Waals surface area contributed by atoms with Crippen molar-refractivity contribution >= 4 is 18.0 Å². The number of rotatable bonds is 9. The maximum Gasteiger partial charge on any atom is 0.407 e. The first-order valence-electron chi connectivity index (χ1n) is 12.1. The molecule has 2 amide bonds. The number of carbonyl (C=O) groups is 3. The lowest BCUT2D eigenvalue weighted by Gasteiger charge is -2.38. The van der Waals surface area contributed by atoms with Crippen molar-refractivity contribution in [3.05, 3.63) is 59.7 Å². The SMILES string of the molecule is CC(C)C[C@@H](NC(=O)OCC1c2ccccc2-c2ccccc21)C(=O)N(CCC(=O)O)C(C)(C)C. The van der Waals surface area contributed by atoms with Crippen LogP contribution >= 0.6 is 0 Å². The van der Waals surface area contributed by atoms with E-state index >= 15 is 0 Å². The molecule has 0 fully saturated rings. The van der Waals surface area contributed by atoms with Crippen molar-refractivity contribution in [1.29, 1.82) is 0 Å². The second kappa shape index (κ2) is 10.9. The van der Waals surface area contributed by atoms with Gasteiger partial charge < -0.3 is 20.1 Å². The van der Waals surface area contributed by atoms with Crippen LogP contribution in [-0.4, -0.2) is 52.7 Å². The number of alkyl carbamates (subject to hydrolysis) is 1. The molecule has 7 nitrogen and oxygen atoms in total. The van der Waals surface area contributed by atoms with Crippen molar-refractivity contribution in [2.24, 2.45) is 5.92 Å². The van der Waals surface area contributed by atoms with E-state index in [1.54, 1.807) is 0 Å². The van der Waals surface area contributed by atoms with Gasteiger partial charge in [0, 0.05) is 18.0 Å². The minimum absolute atomic E-state index is 0.0681. The number of hydrogen-bond donors (Lipinski definition) is 2. The third-order valence-corrected chi connectivity index (χ3v) is 6.27. The fourth-order valence-electron chi connectivity index (χ4n) is 4.65. The number of fused-ring (bicyclic) bond motifs is 3. The zero-order valence-electron chi connectivity index (χ0n) is 21.2. The lowest BCUT2D eigenvalue weighted by atomic mass is 9.98. The smallest absolute Gasteiger partial charge is 0.407 e. The van der Waals surface area contributed by atoms with Crippen molar-refractivity contribution in [1.82, 2.24) is 10.2 Å². The third-order valence-electron chi connectivity index (χ3n) is 6.27. The number of amides is 2. The lowest BCUT2D eigenvalue weighted by Crippen LogP contribution is -2.55. The summed E-state index contributed by atoms with van der Waals surface area (Å²) >= 11 is 0. The highest BCUT2D eigenvalue weighted by molar-refractivity contribution is 5.86. The maximum atomic E-state index is 13.4. The fraction of sp³-hybridized carbons (Fsp3) is 0.464. The van der Waals surface area contributed by atoms with Crippen molar-refractivity contribution in [2.75, 3.05) is 13.2 Å². The molecule has 1 aliphatic rings. The molecular formula is C28H36N2O5. The molecule has 0 radical (unpaired) electrons. The van der Waals surface area contributed by atoms with Crippen LogP contribution in [0.25, 0.3) is 11.1 Å². The summed E-state index contributed by atoms with van der Waals surface area (Å²) in [4.78, 5) is 38.9. The van der Waals surface area contributed by atoms with Crippen molar-refractivity contribution in [3.8, 4) is 11.1 Å². The number of benzene rings is 2. The molecule has 0 heterocycles. The standard InChI is InChI=1S/C28H36N2O5/c1-18(2)16-24(26(33)30(28(3,4)5)15-14-25(31)32)29-27(34)35-17-23-21-12-8-6-10-19(21)20-11-7-9-13-22(20)23/h6-13,18,23-24H,14-17H2,1-5H3,(H,29,34)(H,31,32)/t24-/m1/s1. The van der Waals surface area contributed by atoms with E-state index in [9.17, 15) is 14.4 Å². The number of nitrogens with zero attached hydrogens (tertiary/aromatic N) is 1. The average Bonchev–Trinajstić information content (AvgIpc) is 3.09. The largest absolute Gasteiger partial charge is 0.481 e. The van der Waals surface area contributed by atoms with E-state index in [-0.39, 0.29) is 37.3 Å². The number of aliphatic carboxylic acids is 1. The highest BCUT2D eigenvalue weighted by atomic mass is 16.5. The first-order valence-corrected chi connectivity index (χ1v) is 12.1. The van der Waals surface area contributed by atoms with Gasteiger partial charge in [0.1, 0.15) is 12.6 Å². The summed E-state index contributed by atoms with van der Waals surface area (Å²) in [5, 5.41) is 11.9. The van der Waals surface area contributed by atoms with E-state index in [4.69, 9.17) is 9.84 Å². The summed E-state index contributed by atoms with van der Waals surface area (Å²) in [6, 6.07) is 15.4. The van der Waals surface area contributed by atoms with Crippen LogP contribution in [0.2, 0.25) is 0 Å². The Balaban J connectivity index is 1.72. The van der Waals surface area contributed by atoms with Crippen LogP contribution in [0.3, 0.4) is 0 Å². The molecule has 2 aromatic carbocycles. The van der Waals surface area contributed by atoms with Gasteiger partial charge in [0.15, 0.2) is 0 Å². The molecule has 188 valence electrons. The first kappa shape index (κ1) is 26.3. The predicted octanol–water partition coefficient (Wildman–Crippen LogP) is 5.04. The molecule has 1 aliphatic carbocycles. The summed E-state index contributed by atoms with van der Waals surface area (Å²) in [7, 11) is 0. The van der Waals surface area contributed by atoms with Gasteiger partial charge in [0.2, 0.25) is 5.91 Å². The van der Waals surface area contributed by atoms with Gasteiger partial charge in [-0.1, -0.05) is 62.4 Å². The quantitative estimate of drug-likeness (QED) is 0.524. The maximum absolute atomic E-state index is 13.4. The van der Waals surface area contributed by atoms with Gasteiger partial charge in [0.25, 0.3) is 0 Å². The fourth-order valence-corrected chi connectivity index (χ4v) is 4.65. The van der Waals surface area contributed by atoms with Crippen LogP contribution in [0.1, 0.15) is 64.5 Å². The third kappa shape index (κ3) is 6.41. The Bertz CT molecular complexity index is 1030. The first-order chi connectivity index (χ1) is 16.5. The van der Waals surface area contributed by atoms with E-state index < -0.39 is 23.6 Å². The number of ether oxygens (including phenoxy) is 1. The van der Waals surface area contributed by atoms with E-state index in [0.717, 1.165) is 22.3 Å². The summed E-state index contributed by atoms with van der Waals surface area (Å²) in [6.45, 7) is 9.73. The van der Waals surface area contributed by atoms with E-state index in [1.165, 1.54) is 4.90 Å². The molecule has 0 bridgehead atoms. The Morgan fingerprint density at radius 1 is 1.00 bits per heavy atom. The Hall–Kier alpha value is -3.35. The number of carbonyl (C=O) groups excluding carboxylic acids is 2. The van der Waals surface area contributed by atoms with Crippen molar-refractivity contribution in [3.63, 3.8) is 0 Å². The Labute approximate surface area is 207 Å². The van der Waals surface area contributed by atoms with Gasteiger partial charge in [-0.15, -0.1) is 0 Å². The minimum Gasteiger partial charge on any atom is -0.481 e. The molecule has 0 spiro atoms. The van der Waals surface area contributed by atoms with Gasteiger partial charge in [-0.25, -0.2) is 4.79 Å². The zero-order valence-corrected chi connectivity index (χ0v) is 21.2. The summed E-state index contributed by atoms with van der Waals surface area (Å²) in [6.07, 6.45) is -0.400.